The van der Waals surface area contributed by atoms with Gasteiger partial charge in [0, 0.05) is 51.3 Å². The van der Waals surface area contributed by atoms with Gasteiger partial charge in [-0.1, -0.05) is 84.9 Å². The van der Waals surface area contributed by atoms with Crippen molar-refractivity contribution in [2.24, 2.45) is 0 Å². The predicted octanol–water partition coefficient (Wildman–Crippen LogP) is 6.11. The number of likely N-dealkylation sites (tertiary alicyclic amines) is 1. The normalized spacial score (nSPS) is 13.7. The number of ether oxygens (including phenoxy) is 1. The lowest BCUT2D eigenvalue weighted by Crippen LogP contribution is -2.42. The Labute approximate surface area is 265 Å². The first-order valence-electron chi connectivity index (χ1n) is 15.7. The highest BCUT2D eigenvalue weighted by molar-refractivity contribution is 5.91. The Hall–Kier alpha value is -4.66. The van der Waals surface area contributed by atoms with Crippen molar-refractivity contribution in [1.82, 2.24) is 15.5 Å². The van der Waals surface area contributed by atoms with Crippen LogP contribution in [0.2, 0.25) is 0 Å². The third-order valence-electron chi connectivity index (χ3n) is 8.07. The summed E-state index contributed by atoms with van der Waals surface area (Å²) >= 11 is 0. The first-order valence-corrected chi connectivity index (χ1v) is 15.7. The van der Waals surface area contributed by atoms with E-state index in [1.807, 2.05) is 66.7 Å². The van der Waals surface area contributed by atoms with Gasteiger partial charge in [0.05, 0.1) is 5.69 Å². The number of nitrogens with one attached hydrogen (secondary N) is 3. The van der Waals surface area contributed by atoms with Crippen LogP contribution in [0.3, 0.4) is 0 Å². The summed E-state index contributed by atoms with van der Waals surface area (Å²) in [5, 5.41) is 18.8. The summed E-state index contributed by atoms with van der Waals surface area (Å²) in [4.78, 5) is 27.4. The standard InChI is InChI=1S/C37H42N4O4/c42-32-17-14-30(15-18-32)27-38-26-29-12-10-28(11-13-29)16-19-36(43)39-22-25-41-23-20-33(21-24-41)45-37(44)40-35-9-5-4-8-34(35)31-6-2-1-3-7-31/h1-15,17-18,33,38,42H,16,19-27H2,(H,39,43)(H,40,44). The molecule has 0 radical (unpaired) electrons. The zero-order valence-corrected chi connectivity index (χ0v) is 25.6. The second-order valence-corrected chi connectivity index (χ2v) is 11.4. The van der Waals surface area contributed by atoms with Crippen LogP contribution >= 0.6 is 0 Å². The van der Waals surface area contributed by atoms with Crippen molar-refractivity contribution in [3.05, 3.63) is 120 Å². The van der Waals surface area contributed by atoms with E-state index in [2.05, 4.69) is 45.1 Å². The summed E-state index contributed by atoms with van der Waals surface area (Å²) in [7, 11) is 0. The number of benzene rings is 4. The van der Waals surface area contributed by atoms with E-state index in [4.69, 9.17) is 4.74 Å². The highest BCUT2D eigenvalue weighted by Crippen LogP contribution is 2.28. The number of amides is 2. The quantitative estimate of drug-likeness (QED) is 0.147. The zero-order valence-electron chi connectivity index (χ0n) is 25.6. The number of phenolic OH excluding ortho intramolecular Hbond substituents is 1. The van der Waals surface area contributed by atoms with E-state index in [0.29, 0.717) is 19.4 Å². The maximum Gasteiger partial charge on any atom is 0.411 e. The topological polar surface area (TPSA) is 103 Å². The van der Waals surface area contributed by atoms with Crippen LogP contribution in [0.5, 0.6) is 5.75 Å². The first kappa shape index (κ1) is 31.8. The predicted molar refractivity (Wildman–Crippen MR) is 178 cm³/mol. The number of para-hydroxylation sites is 1. The molecular weight excluding hydrogens is 564 g/mol. The van der Waals surface area contributed by atoms with E-state index < -0.39 is 6.09 Å². The average Bonchev–Trinajstić information content (AvgIpc) is 3.07. The van der Waals surface area contributed by atoms with Crippen molar-refractivity contribution in [1.29, 1.82) is 0 Å². The van der Waals surface area contributed by atoms with E-state index in [9.17, 15) is 14.7 Å². The van der Waals surface area contributed by atoms with Crippen LogP contribution in [-0.2, 0) is 29.0 Å². The van der Waals surface area contributed by atoms with Gasteiger partial charge < -0.3 is 25.4 Å². The molecule has 0 unspecified atom stereocenters. The average molecular weight is 607 g/mol. The van der Waals surface area contributed by atoms with Gasteiger partial charge in [-0.25, -0.2) is 4.79 Å². The fraction of sp³-hybridized carbons (Fsp3) is 0.297. The number of hydrogen-bond donors (Lipinski definition) is 4. The van der Waals surface area contributed by atoms with Gasteiger partial charge in [-0.3, -0.25) is 10.1 Å². The Morgan fingerprint density at radius 1 is 0.778 bits per heavy atom. The molecule has 0 atom stereocenters. The molecule has 0 bridgehead atoms. The molecule has 4 N–H and O–H groups in total. The van der Waals surface area contributed by atoms with E-state index >= 15 is 0 Å². The van der Waals surface area contributed by atoms with Crippen molar-refractivity contribution in [2.45, 2.75) is 44.9 Å². The molecule has 234 valence electrons. The molecule has 1 heterocycles. The number of rotatable bonds is 13. The molecule has 45 heavy (non-hydrogen) atoms. The molecule has 8 nitrogen and oxygen atoms in total. The largest absolute Gasteiger partial charge is 0.508 e. The fourth-order valence-electron chi connectivity index (χ4n) is 5.49. The van der Waals surface area contributed by atoms with Gasteiger partial charge >= 0.3 is 6.09 Å². The summed E-state index contributed by atoms with van der Waals surface area (Å²) in [6.07, 6.45) is 2.14. The van der Waals surface area contributed by atoms with Crippen LogP contribution in [0.1, 0.15) is 36.0 Å². The number of carbonyl (C=O) groups is 2. The molecule has 4 aromatic carbocycles. The minimum Gasteiger partial charge on any atom is -0.508 e. The van der Waals surface area contributed by atoms with Gasteiger partial charge in [0.25, 0.3) is 0 Å². The lowest BCUT2D eigenvalue weighted by atomic mass is 10.0. The summed E-state index contributed by atoms with van der Waals surface area (Å²) in [5.74, 6) is 0.330. The van der Waals surface area contributed by atoms with Crippen molar-refractivity contribution >= 4 is 17.7 Å². The van der Waals surface area contributed by atoms with Gasteiger partial charge in [-0.2, -0.15) is 0 Å². The highest BCUT2D eigenvalue weighted by atomic mass is 16.6. The maximum absolute atomic E-state index is 12.7. The van der Waals surface area contributed by atoms with Crippen LogP contribution in [0.15, 0.2) is 103 Å². The third kappa shape index (κ3) is 10.2. The number of aromatic hydroxyl groups is 1. The number of hydrogen-bond acceptors (Lipinski definition) is 6. The number of nitrogens with zero attached hydrogens (tertiary/aromatic N) is 1. The molecule has 1 aliphatic rings. The molecular formula is C37H42N4O4. The van der Waals surface area contributed by atoms with Crippen LogP contribution in [0, 0.1) is 0 Å². The van der Waals surface area contributed by atoms with Crippen LogP contribution in [-0.4, -0.2) is 54.3 Å². The molecule has 0 aromatic heterocycles. The molecule has 1 fully saturated rings. The first-order chi connectivity index (χ1) is 22.0. The van der Waals surface area contributed by atoms with Gasteiger partial charge in [0.1, 0.15) is 11.9 Å². The number of phenols is 1. The maximum atomic E-state index is 12.7. The van der Waals surface area contributed by atoms with Gasteiger partial charge in [0.2, 0.25) is 5.91 Å². The van der Waals surface area contributed by atoms with Gasteiger partial charge in [-0.15, -0.1) is 0 Å². The summed E-state index contributed by atoms with van der Waals surface area (Å²) in [5.41, 5.74) is 6.17. The van der Waals surface area contributed by atoms with Gasteiger partial charge in [-0.05, 0) is 59.7 Å². The molecule has 8 heteroatoms. The van der Waals surface area contributed by atoms with E-state index in [1.54, 1.807) is 12.1 Å². The lowest BCUT2D eigenvalue weighted by molar-refractivity contribution is -0.121. The van der Waals surface area contributed by atoms with E-state index in [1.165, 1.54) is 5.56 Å². The molecule has 5 rings (SSSR count). The number of carbonyl (C=O) groups excluding carboxylic acids is 2. The minimum atomic E-state index is -0.430. The molecule has 1 saturated heterocycles. The van der Waals surface area contributed by atoms with Crippen LogP contribution < -0.4 is 16.0 Å². The second kappa shape index (κ2) is 16.4. The molecule has 0 saturated carbocycles. The summed E-state index contributed by atoms with van der Waals surface area (Å²) < 4.78 is 5.74. The van der Waals surface area contributed by atoms with Crippen LogP contribution in [0.25, 0.3) is 11.1 Å². The Balaban J connectivity index is 0.935. The Bertz CT molecular complexity index is 1500. The Morgan fingerprint density at radius 2 is 1.40 bits per heavy atom. The number of piperidine rings is 1. The SMILES string of the molecule is O=C(CCc1ccc(CNCc2ccc(O)cc2)cc1)NCCN1CCC(OC(=O)Nc2ccccc2-c2ccccc2)CC1. The number of aryl methyl sites for hydroxylation is 1. The third-order valence-corrected chi connectivity index (χ3v) is 8.07. The minimum absolute atomic E-state index is 0.0558. The van der Waals surface area contributed by atoms with Crippen molar-refractivity contribution < 1.29 is 19.4 Å². The smallest absolute Gasteiger partial charge is 0.411 e. The monoisotopic (exact) mass is 606 g/mol. The fourth-order valence-corrected chi connectivity index (χ4v) is 5.49. The Morgan fingerprint density at radius 3 is 2.11 bits per heavy atom. The lowest BCUT2D eigenvalue weighted by Gasteiger charge is -2.31. The second-order valence-electron chi connectivity index (χ2n) is 11.4. The summed E-state index contributed by atoms with van der Waals surface area (Å²) in [6.45, 7) is 4.51. The molecule has 4 aromatic rings. The van der Waals surface area contributed by atoms with Crippen molar-refractivity contribution in [3.8, 4) is 16.9 Å². The molecule has 2 amide bonds. The molecule has 1 aliphatic heterocycles. The van der Waals surface area contributed by atoms with E-state index in [-0.39, 0.29) is 17.8 Å². The van der Waals surface area contributed by atoms with Crippen molar-refractivity contribution in [3.63, 3.8) is 0 Å². The van der Waals surface area contributed by atoms with Crippen LogP contribution in [0.4, 0.5) is 10.5 Å². The Kier molecular flexibility index (Phi) is 11.6. The van der Waals surface area contributed by atoms with Crippen molar-refractivity contribution in [2.75, 3.05) is 31.5 Å². The zero-order chi connectivity index (χ0) is 31.3. The number of anilines is 1. The molecule has 0 aliphatic carbocycles. The van der Waals surface area contributed by atoms with E-state index in [0.717, 1.165) is 73.5 Å². The van der Waals surface area contributed by atoms with Gasteiger partial charge in [0.15, 0.2) is 0 Å². The highest BCUT2D eigenvalue weighted by Gasteiger charge is 2.22. The molecule has 0 spiro atoms. The summed E-state index contributed by atoms with van der Waals surface area (Å²) in [6, 6.07) is 33.3.